The molecule has 7 heteroatoms. The average Bonchev–Trinajstić information content (AvgIpc) is 2.73. The Hall–Kier alpha value is -2.64. The second-order valence-corrected chi connectivity index (χ2v) is 9.00. The van der Waals surface area contributed by atoms with Crippen LogP contribution >= 0.6 is 0 Å². The third-order valence-electron chi connectivity index (χ3n) is 6.02. The van der Waals surface area contributed by atoms with Crippen LogP contribution in [0.15, 0.2) is 48.7 Å². The molecule has 3 aromatic rings. The van der Waals surface area contributed by atoms with Gasteiger partial charge in [-0.1, -0.05) is 24.3 Å². The van der Waals surface area contributed by atoms with E-state index in [0.29, 0.717) is 6.04 Å². The Morgan fingerprint density at radius 2 is 1.90 bits per heavy atom. The summed E-state index contributed by atoms with van der Waals surface area (Å²) in [6.45, 7) is 2.04. The molecule has 0 amide bonds. The predicted molar refractivity (Wildman–Crippen MR) is 122 cm³/mol. The topological polar surface area (TPSA) is 73.7 Å². The zero-order valence-corrected chi connectivity index (χ0v) is 18.2. The highest BCUT2D eigenvalue weighted by Crippen LogP contribution is 2.37. The summed E-state index contributed by atoms with van der Waals surface area (Å²) in [7, 11) is 1.61. The molecular formula is C23H27N3O3S. The number of fused-ring (bicyclic) bond motifs is 1. The molecule has 158 valence electrons. The SMILES string of the molecule is CN1CCC(N(C)c2c(C[SH](=O)=O)cnc3ccc(-c4ccccc4O)cc23)CC1. The van der Waals surface area contributed by atoms with Crippen LogP contribution in [-0.4, -0.2) is 56.6 Å². The number of aromatic hydroxyl groups is 1. The summed E-state index contributed by atoms with van der Waals surface area (Å²) in [4.78, 5) is 9.08. The zero-order valence-electron chi connectivity index (χ0n) is 17.3. The number of piperidine rings is 1. The van der Waals surface area contributed by atoms with Crippen LogP contribution in [0.5, 0.6) is 5.75 Å². The molecule has 2 aromatic carbocycles. The summed E-state index contributed by atoms with van der Waals surface area (Å²) in [5.74, 6) is 0.180. The van der Waals surface area contributed by atoms with Gasteiger partial charge in [-0.3, -0.25) is 4.98 Å². The van der Waals surface area contributed by atoms with Crippen molar-refractivity contribution in [3.63, 3.8) is 0 Å². The van der Waals surface area contributed by atoms with E-state index in [1.807, 2.05) is 30.3 Å². The minimum absolute atomic E-state index is 0.0363. The van der Waals surface area contributed by atoms with Gasteiger partial charge in [0.05, 0.1) is 17.0 Å². The van der Waals surface area contributed by atoms with Gasteiger partial charge in [0.1, 0.15) is 16.5 Å². The summed E-state index contributed by atoms with van der Waals surface area (Å²) in [5.41, 5.74) is 4.08. The molecule has 1 aromatic heterocycles. The van der Waals surface area contributed by atoms with Crippen LogP contribution in [0.25, 0.3) is 22.0 Å². The first-order valence-electron chi connectivity index (χ1n) is 10.2. The Balaban J connectivity index is 1.87. The zero-order chi connectivity index (χ0) is 21.3. The summed E-state index contributed by atoms with van der Waals surface area (Å²) in [6.07, 6.45) is 3.74. The number of aromatic nitrogens is 1. The Bertz CT molecular complexity index is 1130. The lowest BCUT2D eigenvalue weighted by atomic mass is 9.98. The lowest BCUT2D eigenvalue weighted by Crippen LogP contribution is -2.42. The van der Waals surface area contributed by atoms with Crippen LogP contribution in [0.3, 0.4) is 0 Å². The minimum atomic E-state index is -2.57. The highest BCUT2D eigenvalue weighted by atomic mass is 32.2. The molecule has 1 aliphatic rings. The number of phenolic OH excluding ortho intramolecular Hbond substituents is 1. The lowest BCUT2D eigenvalue weighted by Gasteiger charge is -2.37. The van der Waals surface area contributed by atoms with E-state index < -0.39 is 10.7 Å². The molecule has 0 unspecified atom stereocenters. The number of nitrogens with zero attached hydrogens (tertiary/aromatic N) is 3. The summed E-state index contributed by atoms with van der Waals surface area (Å²) < 4.78 is 23.2. The van der Waals surface area contributed by atoms with Crippen LogP contribution in [0, 0.1) is 0 Å². The van der Waals surface area contributed by atoms with Crippen molar-refractivity contribution >= 4 is 27.3 Å². The van der Waals surface area contributed by atoms with E-state index in [1.165, 1.54) is 0 Å². The Morgan fingerprint density at radius 1 is 1.17 bits per heavy atom. The molecule has 30 heavy (non-hydrogen) atoms. The van der Waals surface area contributed by atoms with Gasteiger partial charge in [0, 0.05) is 35.8 Å². The number of hydrogen-bond donors (Lipinski definition) is 2. The number of hydrogen-bond acceptors (Lipinski definition) is 6. The number of phenols is 1. The first-order chi connectivity index (χ1) is 14.4. The van der Waals surface area contributed by atoms with Gasteiger partial charge in [0.25, 0.3) is 0 Å². The van der Waals surface area contributed by atoms with Crippen molar-refractivity contribution in [1.29, 1.82) is 0 Å². The largest absolute Gasteiger partial charge is 0.507 e. The monoisotopic (exact) mass is 425 g/mol. The van der Waals surface area contributed by atoms with Crippen LogP contribution < -0.4 is 4.90 Å². The summed E-state index contributed by atoms with van der Waals surface area (Å²) in [5, 5.41) is 11.2. The summed E-state index contributed by atoms with van der Waals surface area (Å²) in [6, 6.07) is 13.5. The van der Waals surface area contributed by atoms with Crippen molar-refractivity contribution in [2.24, 2.45) is 0 Å². The van der Waals surface area contributed by atoms with Gasteiger partial charge < -0.3 is 14.9 Å². The van der Waals surface area contributed by atoms with E-state index in [2.05, 4.69) is 28.9 Å². The first kappa shape index (κ1) is 20.6. The third kappa shape index (κ3) is 4.13. The Kier molecular flexibility index (Phi) is 5.92. The van der Waals surface area contributed by atoms with E-state index in [9.17, 15) is 13.5 Å². The number of para-hydroxylation sites is 1. The van der Waals surface area contributed by atoms with Crippen molar-refractivity contribution in [2.75, 3.05) is 32.1 Å². The molecule has 2 heterocycles. The molecule has 1 N–H and O–H groups in total. The van der Waals surface area contributed by atoms with Crippen molar-refractivity contribution < 1.29 is 13.5 Å². The van der Waals surface area contributed by atoms with Gasteiger partial charge >= 0.3 is 0 Å². The Morgan fingerprint density at radius 3 is 2.60 bits per heavy atom. The molecule has 6 nitrogen and oxygen atoms in total. The molecule has 0 bridgehead atoms. The fourth-order valence-electron chi connectivity index (χ4n) is 4.34. The van der Waals surface area contributed by atoms with E-state index in [4.69, 9.17) is 0 Å². The highest BCUT2D eigenvalue weighted by molar-refractivity contribution is 7.71. The van der Waals surface area contributed by atoms with Crippen molar-refractivity contribution in [1.82, 2.24) is 9.88 Å². The normalized spacial score (nSPS) is 15.7. The quantitative estimate of drug-likeness (QED) is 0.612. The molecule has 0 aliphatic carbocycles. The number of pyridine rings is 1. The molecule has 1 aliphatic heterocycles. The van der Waals surface area contributed by atoms with E-state index in [0.717, 1.165) is 59.2 Å². The van der Waals surface area contributed by atoms with Crippen molar-refractivity contribution in [2.45, 2.75) is 24.6 Å². The van der Waals surface area contributed by atoms with Crippen LogP contribution in [0.2, 0.25) is 0 Å². The maximum Gasteiger partial charge on any atom is 0.144 e. The second kappa shape index (κ2) is 8.62. The van der Waals surface area contributed by atoms with Crippen molar-refractivity contribution in [3.05, 3.63) is 54.2 Å². The number of likely N-dealkylation sites (tertiary alicyclic amines) is 1. The maximum atomic E-state index is 11.6. The first-order valence-corrected chi connectivity index (χ1v) is 11.5. The molecule has 1 saturated heterocycles. The van der Waals surface area contributed by atoms with E-state index in [1.54, 1.807) is 18.3 Å². The molecule has 1 fully saturated rings. The molecule has 4 rings (SSSR count). The van der Waals surface area contributed by atoms with Gasteiger partial charge in [-0.05, 0) is 56.7 Å². The lowest BCUT2D eigenvalue weighted by molar-refractivity contribution is 0.253. The van der Waals surface area contributed by atoms with Gasteiger partial charge in [-0.25, -0.2) is 8.42 Å². The maximum absolute atomic E-state index is 11.6. The standard InChI is InChI=1S/C23H27N3O3S/c1-25-11-9-18(10-12-25)26(2)23-17(15-30(28)29)14-24-21-8-7-16(13-20(21)23)19-5-3-4-6-22(19)27/h3-8,13-14,18,27,30H,9-12,15H2,1-2H3. The fraction of sp³-hybridized carbons (Fsp3) is 0.348. The third-order valence-corrected chi connectivity index (χ3v) is 6.62. The number of rotatable bonds is 5. The summed E-state index contributed by atoms with van der Waals surface area (Å²) >= 11 is 0. The molecule has 0 radical (unpaired) electrons. The van der Waals surface area contributed by atoms with Gasteiger partial charge in [-0.15, -0.1) is 0 Å². The molecule has 0 saturated carbocycles. The smallest absolute Gasteiger partial charge is 0.144 e. The van der Waals surface area contributed by atoms with Gasteiger partial charge in [0.2, 0.25) is 0 Å². The highest BCUT2D eigenvalue weighted by Gasteiger charge is 2.24. The Labute approximate surface area is 178 Å². The van der Waals surface area contributed by atoms with Gasteiger partial charge in [-0.2, -0.15) is 0 Å². The van der Waals surface area contributed by atoms with Crippen LogP contribution in [0.1, 0.15) is 18.4 Å². The number of anilines is 1. The molecular weight excluding hydrogens is 398 g/mol. The number of thiol groups is 1. The van der Waals surface area contributed by atoms with Crippen LogP contribution in [0.4, 0.5) is 5.69 Å². The van der Waals surface area contributed by atoms with Crippen molar-refractivity contribution in [3.8, 4) is 16.9 Å². The minimum Gasteiger partial charge on any atom is -0.507 e. The van der Waals surface area contributed by atoms with Gasteiger partial charge in [0.15, 0.2) is 0 Å². The van der Waals surface area contributed by atoms with E-state index in [-0.39, 0.29) is 11.5 Å². The number of benzene rings is 2. The molecule has 0 spiro atoms. The predicted octanol–water partition coefficient (Wildman–Crippen LogP) is 3.25. The second-order valence-electron chi connectivity index (χ2n) is 8.02. The average molecular weight is 426 g/mol. The molecule has 0 atom stereocenters. The van der Waals surface area contributed by atoms with E-state index >= 15 is 0 Å². The van der Waals surface area contributed by atoms with Crippen LogP contribution in [-0.2, 0) is 16.5 Å². The fourth-order valence-corrected chi connectivity index (χ4v) is 4.85.